The Hall–Kier alpha value is -3.88. The summed E-state index contributed by atoms with van der Waals surface area (Å²) in [6.45, 7) is 1.96. The van der Waals surface area contributed by atoms with Crippen LogP contribution in [-0.4, -0.2) is 32.3 Å². The van der Waals surface area contributed by atoms with Gasteiger partial charge in [-0.2, -0.15) is 10.2 Å². The number of rotatable bonds is 6. The molecule has 0 saturated heterocycles. The van der Waals surface area contributed by atoms with Crippen molar-refractivity contribution in [1.29, 1.82) is 0 Å². The molecule has 9 heteroatoms. The third-order valence-electron chi connectivity index (χ3n) is 5.12. The molecule has 0 saturated carbocycles. The number of hydrogen-bond donors (Lipinski definition) is 1. The van der Waals surface area contributed by atoms with Gasteiger partial charge in [-0.3, -0.25) is 9.59 Å². The minimum atomic E-state index is -0.566. The number of aryl methyl sites for hydroxylation is 1. The van der Waals surface area contributed by atoms with Crippen molar-refractivity contribution in [2.45, 2.75) is 32.9 Å². The second-order valence-electron chi connectivity index (χ2n) is 7.51. The third-order valence-corrected chi connectivity index (χ3v) is 5.12. The Kier molecular flexibility index (Phi) is 6.07. The standard InChI is InChI=1S/C23H21F2N5O2/c1-15-12-26-30(14-17-11-18(24)7-8-19(17)25)22(15)27-23(32)20-9-10-21(31)29(28-20)13-16-5-3-2-4-6-16/h2-8,11-12H,9-10,13-14H2,1H3,(H,27,32). The van der Waals surface area contributed by atoms with Gasteiger partial charge in [0.1, 0.15) is 23.2 Å². The first-order valence-electron chi connectivity index (χ1n) is 10.1. The zero-order valence-corrected chi connectivity index (χ0v) is 17.4. The molecule has 0 aliphatic carbocycles. The first-order valence-corrected chi connectivity index (χ1v) is 10.1. The summed E-state index contributed by atoms with van der Waals surface area (Å²) in [7, 11) is 0. The smallest absolute Gasteiger partial charge is 0.273 e. The summed E-state index contributed by atoms with van der Waals surface area (Å²) in [5.41, 5.74) is 1.88. The lowest BCUT2D eigenvalue weighted by Gasteiger charge is -2.23. The number of aromatic nitrogens is 2. The van der Waals surface area contributed by atoms with E-state index in [2.05, 4.69) is 15.5 Å². The molecule has 0 atom stereocenters. The van der Waals surface area contributed by atoms with Crippen LogP contribution >= 0.6 is 0 Å². The second-order valence-corrected chi connectivity index (χ2v) is 7.51. The molecule has 4 rings (SSSR count). The van der Waals surface area contributed by atoms with Crippen LogP contribution in [-0.2, 0) is 22.7 Å². The molecule has 0 radical (unpaired) electrons. The number of amides is 2. The van der Waals surface area contributed by atoms with Gasteiger partial charge < -0.3 is 5.32 Å². The minimum absolute atomic E-state index is 0.0574. The number of anilines is 1. The average molecular weight is 437 g/mol. The van der Waals surface area contributed by atoms with E-state index < -0.39 is 17.5 Å². The molecule has 1 aliphatic rings. The summed E-state index contributed by atoms with van der Waals surface area (Å²) < 4.78 is 29.0. The van der Waals surface area contributed by atoms with Crippen LogP contribution in [0, 0.1) is 18.6 Å². The van der Waals surface area contributed by atoms with Crippen molar-refractivity contribution < 1.29 is 18.4 Å². The molecule has 0 bridgehead atoms. The number of nitrogens with zero attached hydrogens (tertiary/aromatic N) is 4. The zero-order valence-electron chi connectivity index (χ0n) is 17.4. The van der Waals surface area contributed by atoms with E-state index in [0.717, 1.165) is 23.8 Å². The maximum atomic E-state index is 14.1. The Labute approximate surface area is 183 Å². The van der Waals surface area contributed by atoms with Gasteiger partial charge in [0.15, 0.2) is 0 Å². The van der Waals surface area contributed by atoms with Gasteiger partial charge in [0, 0.05) is 24.0 Å². The molecule has 1 aromatic heterocycles. The van der Waals surface area contributed by atoms with Gasteiger partial charge >= 0.3 is 0 Å². The zero-order chi connectivity index (χ0) is 22.7. The number of halogens is 2. The van der Waals surface area contributed by atoms with Crippen molar-refractivity contribution in [2.75, 3.05) is 5.32 Å². The second kappa shape index (κ2) is 9.09. The molecular formula is C23H21F2N5O2. The first kappa shape index (κ1) is 21.4. The summed E-state index contributed by atoms with van der Waals surface area (Å²) in [6.07, 6.45) is 1.91. The molecule has 2 aromatic carbocycles. The van der Waals surface area contributed by atoms with Crippen molar-refractivity contribution in [3.05, 3.63) is 83.1 Å². The Morgan fingerprint density at radius 3 is 2.66 bits per heavy atom. The van der Waals surface area contributed by atoms with E-state index in [4.69, 9.17) is 0 Å². The van der Waals surface area contributed by atoms with E-state index >= 15 is 0 Å². The van der Waals surface area contributed by atoms with Crippen LogP contribution in [0.25, 0.3) is 0 Å². The predicted molar refractivity (Wildman–Crippen MR) is 115 cm³/mol. The molecule has 0 fully saturated rings. The van der Waals surface area contributed by atoms with E-state index in [9.17, 15) is 18.4 Å². The lowest BCUT2D eigenvalue weighted by molar-refractivity contribution is -0.132. The minimum Gasteiger partial charge on any atom is -0.305 e. The van der Waals surface area contributed by atoms with E-state index in [1.54, 1.807) is 6.92 Å². The fourth-order valence-corrected chi connectivity index (χ4v) is 3.41. The van der Waals surface area contributed by atoms with Crippen molar-refractivity contribution in [1.82, 2.24) is 14.8 Å². The van der Waals surface area contributed by atoms with Gasteiger partial charge in [0.25, 0.3) is 5.91 Å². The summed E-state index contributed by atoms with van der Waals surface area (Å²) in [5, 5.41) is 12.5. The molecule has 7 nitrogen and oxygen atoms in total. The summed E-state index contributed by atoms with van der Waals surface area (Å²) in [6, 6.07) is 12.6. The third kappa shape index (κ3) is 4.72. The van der Waals surface area contributed by atoms with Crippen LogP contribution in [0.2, 0.25) is 0 Å². The summed E-state index contributed by atoms with van der Waals surface area (Å²) in [4.78, 5) is 25.2. The Morgan fingerprint density at radius 1 is 1.09 bits per heavy atom. The van der Waals surface area contributed by atoms with E-state index in [1.807, 2.05) is 30.3 Å². The number of hydrogen-bond acceptors (Lipinski definition) is 4. The van der Waals surface area contributed by atoms with E-state index in [1.165, 1.54) is 15.9 Å². The fourth-order valence-electron chi connectivity index (χ4n) is 3.41. The number of hydrazone groups is 1. The normalized spacial score (nSPS) is 13.8. The predicted octanol–water partition coefficient (Wildman–Crippen LogP) is 3.64. The fraction of sp³-hybridized carbons (Fsp3) is 0.217. The van der Waals surface area contributed by atoms with Crippen molar-refractivity contribution in [2.24, 2.45) is 5.10 Å². The average Bonchev–Trinajstić information content (AvgIpc) is 3.12. The molecule has 2 amide bonds. The molecule has 1 aliphatic heterocycles. The summed E-state index contributed by atoms with van der Waals surface area (Å²) in [5.74, 6) is -1.40. The highest BCUT2D eigenvalue weighted by molar-refractivity contribution is 6.43. The van der Waals surface area contributed by atoms with Crippen molar-refractivity contribution >= 4 is 23.3 Å². The van der Waals surface area contributed by atoms with Gasteiger partial charge in [-0.25, -0.2) is 18.5 Å². The van der Waals surface area contributed by atoms with Gasteiger partial charge in [-0.15, -0.1) is 0 Å². The van der Waals surface area contributed by atoms with Crippen LogP contribution in [0.4, 0.5) is 14.6 Å². The molecule has 0 spiro atoms. The molecule has 32 heavy (non-hydrogen) atoms. The SMILES string of the molecule is Cc1cnn(Cc2cc(F)ccc2F)c1NC(=O)C1=NN(Cc2ccccc2)C(=O)CC1. The van der Waals surface area contributed by atoms with Gasteiger partial charge in [0.2, 0.25) is 5.91 Å². The number of carbonyl (C=O) groups is 2. The topological polar surface area (TPSA) is 79.6 Å². The van der Waals surface area contributed by atoms with Crippen molar-refractivity contribution in [3.63, 3.8) is 0 Å². The summed E-state index contributed by atoms with van der Waals surface area (Å²) >= 11 is 0. The molecule has 0 unspecified atom stereocenters. The van der Waals surface area contributed by atoms with Gasteiger partial charge in [0.05, 0.1) is 19.3 Å². The molecule has 1 N–H and O–H groups in total. The van der Waals surface area contributed by atoms with E-state index in [0.29, 0.717) is 11.4 Å². The quantitative estimate of drug-likeness (QED) is 0.640. The number of carbonyl (C=O) groups excluding carboxylic acids is 2. The highest BCUT2D eigenvalue weighted by atomic mass is 19.1. The van der Waals surface area contributed by atoms with Gasteiger partial charge in [-0.1, -0.05) is 30.3 Å². The number of nitrogens with one attached hydrogen (secondary N) is 1. The lowest BCUT2D eigenvalue weighted by Crippen LogP contribution is -2.36. The molecular weight excluding hydrogens is 416 g/mol. The van der Waals surface area contributed by atoms with E-state index in [-0.39, 0.29) is 43.1 Å². The molecule has 3 aromatic rings. The van der Waals surface area contributed by atoms with Crippen LogP contribution in [0.1, 0.15) is 29.5 Å². The molecule has 164 valence electrons. The van der Waals surface area contributed by atoms with Crippen LogP contribution in [0.3, 0.4) is 0 Å². The maximum absolute atomic E-state index is 14.1. The van der Waals surface area contributed by atoms with Crippen molar-refractivity contribution in [3.8, 4) is 0 Å². The first-order chi connectivity index (χ1) is 15.4. The Balaban J connectivity index is 1.52. The Bertz CT molecular complexity index is 1190. The largest absolute Gasteiger partial charge is 0.305 e. The monoisotopic (exact) mass is 437 g/mol. The lowest BCUT2D eigenvalue weighted by atomic mass is 10.1. The maximum Gasteiger partial charge on any atom is 0.273 e. The highest BCUT2D eigenvalue weighted by Crippen LogP contribution is 2.20. The molecule has 2 heterocycles. The van der Waals surface area contributed by atoms with Gasteiger partial charge in [-0.05, 0) is 30.7 Å². The van der Waals surface area contributed by atoms with Crippen LogP contribution in [0.15, 0.2) is 59.8 Å². The number of benzene rings is 2. The van der Waals surface area contributed by atoms with Crippen LogP contribution < -0.4 is 5.32 Å². The highest BCUT2D eigenvalue weighted by Gasteiger charge is 2.25. The van der Waals surface area contributed by atoms with Crippen LogP contribution in [0.5, 0.6) is 0 Å². The Morgan fingerprint density at radius 2 is 1.88 bits per heavy atom.